The fourth-order valence-corrected chi connectivity index (χ4v) is 5.60. The lowest BCUT2D eigenvalue weighted by molar-refractivity contribution is -0.136. The Labute approximate surface area is 290 Å². The lowest BCUT2D eigenvalue weighted by atomic mass is 9.95. The highest BCUT2D eigenvalue weighted by Crippen LogP contribution is 2.38. The molecule has 0 fully saturated rings. The number of methoxy groups -OCH3 is 2. The van der Waals surface area contributed by atoms with E-state index in [1.807, 2.05) is 0 Å². The highest BCUT2D eigenvalue weighted by Gasteiger charge is 2.32. The number of hydrogen-bond acceptors (Lipinski definition) is 10. The summed E-state index contributed by atoms with van der Waals surface area (Å²) in [7, 11) is 2.79. The molecule has 15 heteroatoms. The average molecular weight is 752 g/mol. The van der Waals surface area contributed by atoms with E-state index in [0.717, 1.165) is 5.56 Å². The standard InChI is InChI=1S/C32H33BrCl2N4O8/c1-5-45-25-12-19(29-28(31(41)44-4)17(2)37-32(42)38-29)7-9-24(25)46-16-27(40)39-36-14-18-10-22(33)30(26(11-18)43-3)47-15-20-6-8-21(34)13-23(20)35/h6-14,27,29,39-40H,5,15-16H2,1-4H3,(H2,37,38,42)/b36-14-/t27-,29+/m0/s1. The van der Waals surface area contributed by atoms with E-state index in [1.54, 1.807) is 62.4 Å². The summed E-state index contributed by atoms with van der Waals surface area (Å²) in [6, 6.07) is 12.4. The molecule has 0 saturated carbocycles. The molecule has 1 aliphatic rings. The number of nitrogens with zero attached hydrogens (tertiary/aromatic N) is 1. The Balaban J connectivity index is 1.39. The Hall–Kier alpha value is -4.17. The Morgan fingerprint density at radius 2 is 1.87 bits per heavy atom. The van der Waals surface area contributed by atoms with Crippen LogP contribution in [0.2, 0.25) is 10.0 Å². The molecule has 3 aromatic carbocycles. The molecule has 2 amide bonds. The maximum Gasteiger partial charge on any atom is 0.337 e. The molecule has 0 saturated heterocycles. The van der Waals surface area contributed by atoms with Gasteiger partial charge in [-0.1, -0.05) is 35.3 Å². The van der Waals surface area contributed by atoms with Gasteiger partial charge >= 0.3 is 12.0 Å². The summed E-state index contributed by atoms with van der Waals surface area (Å²) < 4.78 is 28.6. The summed E-state index contributed by atoms with van der Waals surface area (Å²) in [5.74, 6) is 1.04. The highest BCUT2D eigenvalue weighted by atomic mass is 79.9. The molecular weight excluding hydrogens is 719 g/mol. The van der Waals surface area contributed by atoms with Gasteiger partial charge in [0.15, 0.2) is 29.2 Å². The van der Waals surface area contributed by atoms with Crippen molar-refractivity contribution in [2.45, 2.75) is 32.7 Å². The van der Waals surface area contributed by atoms with E-state index in [0.29, 0.717) is 60.9 Å². The molecule has 3 aromatic rings. The molecule has 12 nitrogen and oxygen atoms in total. The molecule has 2 atom stereocenters. The minimum absolute atomic E-state index is 0.180. The smallest absolute Gasteiger partial charge is 0.337 e. The van der Waals surface area contributed by atoms with Crippen LogP contribution in [0.3, 0.4) is 0 Å². The molecule has 4 rings (SSSR count). The van der Waals surface area contributed by atoms with Crippen molar-refractivity contribution >= 4 is 57.3 Å². The monoisotopic (exact) mass is 750 g/mol. The lowest BCUT2D eigenvalue weighted by Gasteiger charge is -2.28. The maximum absolute atomic E-state index is 12.5. The number of hydrazone groups is 1. The summed E-state index contributed by atoms with van der Waals surface area (Å²) in [6.07, 6.45) is 0.316. The molecule has 0 spiro atoms. The van der Waals surface area contributed by atoms with Crippen LogP contribution in [0, 0.1) is 0 Å². The van der Waals surface area contributed by atoms with Crippen molar-refractivity contribution in [3.05, 3.63) is 91.0 Å². The number of carbonyl (C=O) groups excluding carboxylic acids is 2. The number of ether oxygens (including phenoxy) is 5. The van der Waals surface area contributed by atoms with E-state index < -0.39 is 24.3 Å². The van der Waals surface area contributed by atoms with Gasteiger partial charge in [0.05, 0.1) is 43.1 Å². The summed E-state index contributed by atoms with van der Waals surface area (Å²) in [5, 5.41) is 21.0. The fraction of sp³-hybridized carbons (Fsp3) is 0.281. The minimum Gasteiger partial charge on any atom is -0.493 e. The molecule has 0 unspecified atom stereocenters. The van der Waals surface area contributed by atoms with Gasteiger partial charge < -0.3 is 39.4 Å². The highest BCUT2D eigenvalue weighted by molar-refractivity contribution is 9.10. The van der Waals surface area contributed by atoms with Gasteiger partial charge in [0, 0.05) is 21.3 Å². The molecule has 250 valence electrons. The molecule has 47 heavy (non-hydrogen) atoms. The summed E-state index contributed by atoms with van der Waals surface area (Å²) >= 11 is 15.8. The molecule has 4 N–H and O–H groups in total. The van der Waals surface area contributed by atoms with Crippen LogP contribution in [0.4, 0.5) is 4.79 Å². The van der Waals surface area contributed by atoms with E-state index in [-0.39, 0.29) is 18.8 Å². The maximum atomic E-state index is 12.5. The van der Waals surface area contributed by atoms with Crippen LogP contribution >= 0.6 is 39.1 Å². The molecule has 0 radical (unpaired) electrons. The van der Waals surface area contributed by atoms with E-state index in [4.69, 9.17) is 46.9 Å². The van der Waals surface area contributed by atoms with Crippen LogP contribution in [0.15, 0.2) is 69.4 Å². The number of esters is 1. The number of urea groups is 1. The number of halogens is 3. The third kappa shape index (κ3) is 9.22. The topological polar surface area (TPSA) is 149 Å². The second kappa shape index (κ2) is 16.6. The van der Waals surface area contributed by atoms with Gasteiger partial charge in [0.2, 0.25) is 0 Å². The quantitative estimate of drug-likeness (QED) is 0.0688. The van der Waals surface area contributed by atoms with Crippen molar-refractivity contribution in [2.75, 3.05) is 27.4 Å². The first-order valence-corrected chi connectivity index (χ1v) is 15.8. The van der Waals surface area contributed by atoms with Crippen molar-refractivity contribution in [3.8, 4) is 23.0 Å². The molecule has 0 bridgehead atoms. The number of aliphatic hydroxyl groups excluding tert-OH is 1. The third-order valence-corrected chi connectivity index (χ3v) is 7.92. The van der Waals surface area contributed by atoms with Crippen LogP contribution in [0.25, 0.3) is 0 Å². The number of hydrogen-bond donors (Lipinski definition) is 4. The van der Waals surface area contributed by atoms with E-state index in [1.165, 1.54) is 20.4 Å². The number of allylic oxidation sites excluding steroid dienone is 1. The lowest BCUT2D eigenvalue weighted by Crippen LogP contribution is -2.45. The third-order valence-electron chi connectivity index (χ3n) is 6.75. The van der Waals surface area contributed by atoms with Crippen LogP contribution in [-0.4, -0.2) is 57.0 Å². The second-order valence-corrected chi connectivity index (χ2v) is 11.7. The van der Waals surface area contributed by atoms with Crippen molar-refractivity contribution in [3.63, 3.8) is 0 Å². The normalized spacial score (nSPS) is 15.1. The molecule has 0 aromatic heterocycles. The van der Waals surface area contributed by atoms with E-state index >= 15 is 0 Å². The molecular formula is C32H33BrCl2N4O8. The zero-order chi connectivity index (χ0) is 34.1. The van der Waals surface area contributed by atoms with Gasteiger partial charge in [-0.15, -0.1) is 0 Å². The van der Waals surface area contributed by atoms with Gasteiger partial charge in [-0.3, -0.25) is 5.43 Å². The first-order chi connectivity index (χ1) is 22.5. The van der Waals surface area contributed by atoms with Crippen molar-refractivity contribution < 1.29 is 38.4 Å². The second-order valence-electron chi connectivity index (χ2n) is 9.97. The van der Waals surface area contributed by atoms with Crippen molar-refractivity contribution in [2.24, 2.45) is 5.10 Å². The molecule has 1 aliphatic heterocycles. The van der Waals surface area contributed by atoms with Crippen molar-refractivity contribution in [1.29, 1.82) is 0 Å². The molecule has 0 aliphatic carbocycles. The first-order valence-electron chi connectivity index (χ1n) is 14.2. The summed E-state index contributed by atoms with van der Waals surface area (Å²) in [6.45, 7) is 3.76. The van der Waals surface area contributed by atoms with Crippen molar-refractivity contribution in [1.82, 2.24) is 16.1 Å². The van der Waals surface area contributed by atoms with Gasteiger partial charge in [-0.25, -0.2) is 9.59 Å². The Bertz CT molecular complexity index is 1690. The average Bonchev–Trinajstić information content (AvgIpc) is 3.03. The van der Waals surface area contributed by atoms with E-state index in [9.17, 15) is 14.7 Å². The Morgan fingerprint density at radius 1 is 1.09 bits per heavy atom. The number of nitrogens with one attached hydrogen (secondary N) is 3. The zero-order valence-electron chi connectivity index (χ0n) is 25.9. The number of rotatable bonds is 14. The summed E-state index contributed by atoms with van der Waals surface area (Å²) in [4.78, 5) is 24.6. The largest absolute Gasteiger partial charge is 0.493 e. The van der Waals surface area contributed by atoms with E-state index in [2.05, 4.69) is 37.1 Å². The Morgan fingerprint density at radius 3 is 2.57 bits per heavy atom. The predicted octanol–water partition coefficient (Wildman–Crippen LogP) is 5.86. The first kappa shape index (κ1) is 35.7. The van der Waals surface area contributed by atoms with Gasteiger partial charge in [-0.05, 0) is 77.3 Å². The fourth-order valence-electron chi connectivity index (χ4n) is 4.56. The number of benzene rings is 3. The van der Waals surface area contributed by atoms with Crippen LogP contribution in [0.1, 0.15) is 36.6 Å². The van der Waals surface area contributed by atoms with Crippen LogP contribution in [-0.2, 0) is 16.1 Å². The summed E-state index contributed by atoms with van der Waals surface area (Å²) in [5.41, 5.74) is 5.24. The van der Waals surface area contributed by atoms with Gasteiger partial charge in [0.25, 0.3) is 0 Å². The van der Waals surface area contributed by atoms with Crippen LogP contribution in [0.5, 0.6) is 23.0 Å². The predicted molar refractivity (Wildman–Crippen MR) is 180 cm³/mol. The number of amides is 2. The molecule has 1 heterocycles. The number of carbonyl (C=O) groups is 2. The van der Waals surface area contributed by atoms with Gasteiger partial charge in [0.1, 0.15) is 13.2 Å². The van der Waals surface area contributed by atoms with Crippen LogP contribution < -0.4 is 35.0 Å². The van der Waals surface area contributed by atoms with Gasteiger partial charge in [-0.2, -0.15) is 5.10 Å². The SMILES string of the molecule is CCOc1cc([C@H]2NC(=O)NC(C)=C2C(=O)OC)ccc1OC[C@H](O)N/N=C\c1cc(Br)c(OCc2ccc(Cl)cc2Cl)c(OC)c1. The number of aliphatic hydroxyl groups is 1. The zero-order valence-corrected chi connectivity index (χ0v) is 29.0. The Kier molecular flexibility index (Phi) is 12.6. The minimum atomic E-state index is -1.18.